The number of carbonyl (C=O) groups excluding carboxylic acids is 1. The minimum atomic E-state index is -0.453. The van der Waals surface area contributed by atoms with Gasteiger partial charge in [0.2, 0.25) is 5.91 Å². The summed E-state index contributed by atoms with van der Waals surface area (Å²) in [5.74, 6) is 0.236. The van der Waals surface area contributed by atoms with Gasteiger partial charge in [0, 0.05) is 35.7 Å². The van der Waals surface area contributed by atoms with Crippen LogP contribution in [0.15, 0.2) is 47.4 Å². The molecule has 0 atom stereocenters. The molecule has 0 saturated heterocycles. The van der Waals surface area contributed by atoms with Gasteiger partial charge in [0.1, 0.15) is 5.82 Å². The summed E-state index contributed by atoms with van der Waals surface area (Å²) in [5, 5.41) is 10.9. The summed E-state index contributed by atoms with van der Waals surface area (Å²) in [6.45, 7) is 0.552. The van der Waals surface area contributed by atoms with Gasteiger partial charge in [0.15, 0.2) is 0 Å². The Morgan fingerprint density at radius 3 is 2.71 bits per heavy atom. The Morgan fingerprint density at radius 2 is 2.00 bits per heavy atom. The summed E-state index contributed by atoms with van der Waals surface area (Å²) in [6, 6.07) is 10.8. The van der Waals surface area contributed by atoms with Crippen molar-refractivity contribution in [1.82, 2.24) is 0 Å². The molecule has 1 heterocycles. The number of nitrogens with zero attached hydrogens (tertiary/aromatic N) is 2. The summed E-state index contributed by atoms with van der Waals surface area (Å²) in [7, 11) is 0. The number of thioether (sulfide) groups is 1. The molecule has 24 heavy (non-hydrogen) atoms. The number of fused-ring (bicyclic) bond motifs is 1. The maximum Gasteiger partial charge on any atom is 0.271 e. The second kappa shape index (κ2) is 7.00. The van der Waals surface area contributed by atoms with Gasteiger partial charge in [-0.3, -0.25) is 14.9 Å². The molecule has 0 N–H and O–H groups in total. The molecule has 0 spiro atoms. The van der Waals surface area contributed by atoms with Gasteiger partial charge in [-0.1, -0.05) is 6.07 Å². The first-order chi connectivity index (χ1) is 11.5. The minimum Gasteiger partial charge on any atom is -0.312 e. The first-order valence-electron chi connectivity index (χ1n) is 7.50. The molecular weight excluding hydrogens is 331 g/mol. The summed E-state index contributed by atoms with van der Waals surface area (Å²) in [6.07, 6.45) is 1.04. The van der Waals surface area contributed by atoms with E-state index in [0.29, 0.717) is 30.8 Å². The van der Waals surface area contributed by atoms with Crippen molar-refractivity contribution in [2.24, 2.45) is 0 Å². The molecule has 7 heteroatoms. The molecule has 0 saturated carbocycles. The standard InChI is InChI=1S/C17H15FN2O3S/c18-13-2-5-15(6-3-13)24-10-8-17(21)19-9-7-12-1-4-14(20(22)23)11-16(12)19/h1-6,11H,7-10H2. The SMILES string of the molecule is O=C(CCSc1ccc(F)cc1)N1CCc2ccc([N+](=O)[O-])cc21. The van der Waals surface area contributed by atoms with Crippen LogP contribution in [-0.4, -0.2) is 23.1 Å². The Hall–Kier alpha value is -2.41. The second-order valence-corrected chi connectivity index (χ2v) is 6.59. The number of rotatable bonds is 5. The third-order valence-electron chi connectivity index (χ3n) is 3.87. The van der Waals surface area contributed by atoms with E-state index in [-0.39, 0.29) is 17.4 Å². The van der Waals surface area contributed by atoms with E-state index in [1.54, 1.807) is 23.1 Å². The predicted octanol–water partition coefficient (Wildman–Crippen LogP) is 3.81. The summed E-state index contributed by atoms with van der Waals surface area (Å²) in [5.41, 5.74) is 1.59. The van der Waals surface area contributed by atoms with E-state index in [9.17, 15) is 19.3 Å². The third-order valence-corrected chi connectivity index (χ3v) is 4.89. The van der Waals surface area contributed by atoms with Crippen LogP contribution < -0.4 is 4.90 Å². The summed E-state index contributed by atoms with van der Waals surface area (Å²) >= 11 is 1.48. The molecular formula is C17H15FN2O3S. The number of anilines is 1. The van der Waals surface area contributed by atoms with Crippen LogP contribution in [0.3, 0.4) is 0 Å². The lowest BCUT2D eigenvalue weighted by molar-refractivity contribution is -0.384. The third kappa shape index (κ3) is 3.56. The van der Waals surface area contributed by atoms with Crippen LogP contribution in [0.25, 0.3) is 0 Å². The van der Waals surface area contributed by atoms with Gasteiger partial charge in [-0.05, 0) is 36.2 Å². The van der Waals surface area contributed by atoms with Crippen molar-refractivity contribution in [3.8, 4) is 0 Å². The Labute approximate surface area is 142 Å². The molecule has 2 aromatic carbocycles. The van der Waals surface area contributed by atoms with Crippen molar-refractivity contribution >= 4 is 29.0 Å². The molecule has 0 unspecified atom stereocenters. The van der Waals surface area contributed by atoms with E-state index in [0.717, 1.165) is 10.5 Å². The van der Waals surface area contributed by atoms with Gasteiger partial charge < -0.3 is 4.90 Å². The van der Waals surface area contributed by atoms with Crippen LogP contribution in [0, 0.1) is 15.9 Å². The normalized spacial score (nSPS) is 13.0. The monoisotopic (exact) mass is 346 g/mol. The van der Waals surface area contributed by atoms with Gasteiger partial charge in [-0.15, -0.1) is 11.8 Å². The lowest BCUT2D eigenvalue weighted by Gasteiger charge is -2.17. The van der Waals surface area contributed by atoms with Crippen LogP contribution in [-0.2, 0) is 11.2 Å². The van der Waals surface area contributed by atoms with Crippen LogP contribution in [0.4, 0.5) is 15.8 Å². The minimum absolute atomic E-state index is 0.00543. The molecule has 0 aliphatic carbocycles. The zero-order valence-electron chi connectivity index (χ0n) is 12.8. The van der Waals surface area contributed by atoms with Crippen molar-refractivity contribution in [2.45, 2.75) is 17.7 Å². The number of non-ortho nitro benzene ring substituents is 1. The maximum absolute atomic E-state index is 12.9. The molecule has 2 aromatic rings. The Bertz CT molecular complexity index is 780. The van der Waals surface area contributed by atoms with Gasteiger partial charge in [0.05, 0.1) is 10.6 Å². The van der Waals surface area contributed by atoms with Crippen LogP contribution in [0.2, 0.25) is 0 Å². The molecule has 1 aliphatic heterocycles. The highest BCUT2D eigenvalue weighted by Gasteiger charge is 2.26. The fraction of sp³-hybridized carbons (Fsp3) is 0.235. The second-order valence-electron chi connectivity index (χ2n) is 5.42. The van der Waals surface area contributed by atoms with Crippen LogP contribution in [0.1, 0.15) is 12.0 Å². The van der Waals surface area contributed by atoms with Crippen molar-refractivity contribution in [3.63, 3.8) is 0 Å². The number of carbonyl (C=O) groups is 1. The average molecular weight is 346 g/mol. The highest BCUT2D eigenvalue weighted by Crippen LogP contribution is 2.32. The molecule has 1 aliphatic rings. The number of hydrogen-bond donors (Lipinski definition) is 0. The summed E-state index contributed by atoms with van der Waals surface area (Å²) in [4.78, 5) is 25.4. The largest absolute Gasteiger partial charge is 0.312 e. The van der Waals surface area contributed by atoms with E-state index >= 15 is 0 Å². The molecule has 0 aromatic heterocycles. The fourth-order valence-corrected chi connectivity index (χ4v) is 3.50. The Balaban J connectivity index is 1.62. The van der Waals surface area contributed by atoms with Crippen LogP contribution >= 0.6 is 11.8 Å². The molecule has 1 amide bonds. The van der Waals surface area contributed by atoms with E-state index in [2.05, 4.69) is 0 Å². The molecule has 5 nitrogen and oxygen atoms in total. The van der Waals surface area contributed by atoms with Crippen molar-refractivity contribution in [2.75, 3.05) is 17.2 Å². The molecule has 124 valence electrons. The van der Waals surface area contributed by atoms with Crippen molar-refractivity contribution in [1.29, 1.82) is 0 Å². The van der Waals surface area contributed by atoms with Gasteiger partial charge in [0.25, 0.3) is 5.69 Å². The summed E-state index contributed by atoms with van der Waals surface area (Å²) < 4.78 is 12.9. The van der Waals surface area contributed by atoms with Crippen LogP contribution in [0.5, 0.6) is 0 Å². The number of halogens is 1. The first kappa shape index (κ1) is 16.4. The quantitative estimate of drug-likeness (QED) is 0.469. The number of benzene rings is 2. The highest BCUT2D eigenvalue weighted by molar-refractivity contribution is 7.99. The Morgan fingerprint density at radius 1 is 1.25 bits per heavy atom. The van der Waals surface area contributed by atoms with Gasteiger partial charge in [-0.2, -0.15) is 0 Å². The zero-order chi connectivity index (χ0) is 17.1. The van der Waals surface area contributed by atoms with E-state index in [4.69, 9.17) is 0 Å². The van der Waals surface area contributed by atoms with Gasteiger partial charge in [-0.25, -0.2) is 4.39 Å². The molecule has 3 rings (SSSR count). The number of amides is 1. The number of nitro benzene ring substituents is 1. The topological polar surface area (TPSA) is 63.5 Å². The lowest BCUT2D eigenvalue weighted by Crippen LogP contribution is -2.29. The molecule has 0 bridgehead atoms. The predicted molar refractivity (Wildman–Crippen MR) is 90.9 cm³/mol. The first-order valence-corrected chi connectivity index (χ1v) is 8.49. The average Bonchev–Trinajstić information content (AvgIpc) is 2.99. The lowest BCUT2D eigenvalue weighted by atomic mass is 10.1. The number of hydrogen-bond acceptors (Lipinski definition) is 4. The zero-order valence-corrected chi connectivity index (χ0v) is 13.6. The van der Waals surface area contributed by atoms with E-state index in [1.165, 1.54) is 36.0 Å². The van der Waals surface area contributed by atoms with Crippen molar-refractivity contribution < 1.29 is 14.1 Å². The van der Waals surface area contributed by atoms with Gasteiger partial charge >= 0.3 is 0 Å². The molecule has 0 radical (unpaired) electrons. The maximum atomic E-state index is 12.9. The smallest absolute Gasteiger partial charge is 0.271 e. The fourth-order valence-electron chi connectivity index (χ4n) is 2.66. The van der Waals surface area contributed by atoms with E-state index < -0.39 is 4.92 Å². The molecule has 0 fully saturated rings. The van der Waals surface area contributed by atoms with E-state index in [1.807, 2.05) is 0 Å². The van der Waals surface area contributed by atoms with Crippen molar-refractivity contribution in [3.05, 3.63) is 64.0 Å². The number of nitro groups is 1. The Kier molecular flexibility index (Phi) is 4.80. The highest BCUT2D eigenvalue weighted by atomic mass is 32.2.